The average molecular weight is 364 g/mol. The lowest BCUT2D eigenvalue weighted by Gasteiger charge is -2.36. The van der Waals surface area contributed by atoms with E-state index in [0.717, 1.165) is 57.1 Å². The summed E-state index contributed by atoms with van der Waals surface area (Å²) in [5.41, 5.74) is 2.93. The number of nitriles is 1. The monoisotopic (exact) mass is 364 g/mol. The van der Waals surface area contributed by atoms with Gasteiger partial charge < -0.3 is 15.0 Å². The molecule has 0 amide bonds. The first-order chi connectivity index (χ1) is 13.3. The SMILES string of the molecule is COc1ccccc1N1CCN(CCCCNc2cccc(C#N)c2)CC1. The highest BCUT2D eigenvalue weighted by molar-refractivity contribution is 5.58. The molecule has 0 atom stereocenters. The Morgan fingerprint density at radius 2 is 1.85 bits per heavy atom. The van der Waals surface area contributed by atoms with E-state index in [1.807, 2.05) is 36.4 Å². The molecule has 0 spiro atoms. The quantitative estimate of drug-likeness (QED) is 0.726. The van der Waals surface area contributed by atoms with Crippen LogP contribution in [0, 0.1) is 11.3 Å². The predicted molar refractivity (Wildman–Crippen MR) is 111 cm³/mol. The van der Waals surface area contributed by atoms with E-state index in [-0.39, 0.29) is 0 Å². The third-order valence-electron chi connectivity index (χ3n) is 5.02. The summed E-state index contributed by atoms with van der Waals surface area (Å²) in [5.74, 6) is 0.956. The van der Waals surface area contributed by atoms with Crippen LogP contribution in [0.5, 0.6) is 5.75 Å². The molecule has 0 bridgehead atoms. The predicted octanol–water partition coefficient (Wildman–Crippen LogP) is 3.58. The Labute approximate surface area is 162 Å². The van der Waals surface area contributed by atoms with Gasteiger partial charge in [0.25, 0.3) is 0 Å². The number of hydrogen-bond acceptors (Lipinski definition) is 5. The highest BCUT2D eigenvalue weighted by atomic mass is 16.5. The van der Waals surface area contributed by atoms with Gasteiger partial charge in [-0.1, -0.05) is 18.2 Å². The van der Waals surface area contributed by atoms with Crippen LogP contribution in [0.3, 0.4) is 0 Å². The Balaban J connectivity index is 1.34. The molecule has 3 rings (SSSR count). The largest absolute Gasteiger partial charge is 0.495 e. The van der Waals surface area contributed by atoms with E-state index in [9.17, 15) is 0 Å². The summed E-state index contributed by atoms with van der Waals surface area (Å²) < 4.78 is 5.49. The number of rotatable bonds is 8. The molecule has 142 valence electrons. The molecule has 0 aromatic heterocycles. The fourth-order valence-corrected chi connectivity index (χ4v) is 3.50. The van der Waals surface area contributed by atoms with Crippen LogP contribution < -0.4 is 15.0 Å². The second-order valence-electron chi connectivity index (χ2n) is 6.83. The molecule has 1 N–H and O–H groups in total. The van der Waals surface area contributed by atoms with Gasteiger partial charge in [-0.15, -0.1) is 0 Å². The summed E-state index contributed by atoms with van der Waals surface area (Å²) in [6.45, 7) is 6.35. The van der Waals surface area contributed by atoms with E-state index >= 15 is 0 Å². The second kappa shape index (κ2) is 9.84. The Kier molecular flexibility index (Phi) is 6.95. The number of para-hydroxylation sites is 2. The molecule has 0 saturated carbocycles. The number of ether oxygens (including phenoxy) is 1. The molecule has 1 aliphatic heterocycles. The first-order valence-electron chi connectivity index (χ1n) is 9.64. The van der Waals surface area contributed by atoms with Crippen molar-refractivity contribution in [2.24, 2.45) is 0 Å². The lowest BCUT2D eigenvalue weighted by Crippen LogP contribution is -2.46. The van der Waals surface area contributed by atoms with Crippen molar-refractivity contribution >= 4 is 11.4 Å². The van der Waals surface area contributed by atoms with Crippen LogP contribution in [0.15, 0.2) is 48.5 Å². The third-order valence-corrected chi connectivity index (χ3v) is 5.02. The van der Waals surface area contributed by atoms with Crippen LogP contribution in [0.2, 0.25) is 0 Å². The average Bonchev–Trinajstić information content (AvgIpc) is 2.74. The zero-order chi connectivity index (χ0) is 18.9. The first kappa shape index (κ1) is 19.1. The molecule has 0 radical (unpaired) electrons. The molecule has 27 heavy (non-hydrogen) atoms. The zero-order valence-corrected chi connectivity index (χ0v) is 16.0. The molecule has 1 fully saturated rings. The maximum atomic E-state index is 8.94. The fourth-order valence-electron chi connectivity index (χ4n) is 3.50. The highest BCUT2D eigenvalue weighted by Crippen LogP contribution is 2.28. The standard InChI is InChI=1S/C22H28N4O/c1-27-22-10-3-2-9-21(22)26-15-13-25(14-16-26)12-5-4-11-24-20-8-6-7-19(17-20)18-23/h2-3,6-10,17,24H,4-5,11-16H2,1H3. The van der Waals surface area contributed by atoms with Crippen molar-refractivity contribution in [1.29, 1.82) is 5.26 Å². The molecule has 1 heterocycles. The van der Waals surface area contributed by atoms with Crippen molar-refractivity contribution in [2.75, 3.05) is 56.6 Å². The molecule has 2 aromatic rings. The Morgan fingerprint density at radius 1 is 1.04 bits per heavy atom. The smallest absolute Gasteiger partial charge is 0.142 e. The number of unbranched alkanes of at least 4 members (excludes halogenated alkanes) is 1. The number of nitrogens with zero attached hydrogens (tertiary/aromatic N) is 3. The van der Waals surface area contributed by atoms with Gasteiger partial charge in [0.15, 0.2) is 0 Å². The summed E-state index contributed by atoms with van der Waals surface area (Å²) in [5, 5.41) is 12.3. The number of methoxy groups -OCH3 is 1. The van der Waals surface area contributed by atoms with E-state index in [1.165, 1.54) is 12.1 Å². The van der Waals surface area contributed by atoms with Crippen molar-refractivity contribution in [3.05, 3.63) is 54.1 Å². The number of hydrogen-bond donors (Lipinski definition) is 1. The zero-order valence-electron chi connectivity index (χ0n) is 16.0. The van der Waals surface area contributed by atoms with E-state index < -0.39 is 0 Å². The van der Waals surface area contributed by atoms with Crippen LogP contribution in [-0.4, -0.2) is 51.3 Å². The number of anilines is 2. The van der Waals surface area contributed by atoms with E-state index in [1.54, 1.807) is 7.11 Å². The summed E-state index contributed by atoms with van der Waals surface area (Å²) in [6.07, 6.45) is 2.31. The highest BCUT2D eigenvalue weighted by Gasteiger charge is 2.18. The van der Waals surface area contributed by atoms with Crippen LogP contribution in [-0.2, 0) is 0 Å². The van der Waals surface area contributed by atoms with Gasteiger partial charge in [0.2, 0.25) is 0 Å². The molecule has 1 aliphatic rings. The number of nitrogens with one attached hydrogen (secondary N) is 1. The number of benzene rings is 2. The minimum atomic E-state index is 0.702. The summed E-state index contributed by atoms with van der Waals surface area (Å²) >= 11 is 0. The first-order valence-corrected chi connectivity index (χ1v) is 9.64. The van der Waals surface area contributed by atoms with Gasteiger partial charge in [-0.2, -0.15) is 5.26 Å². The maximum Gasteiger partial charge on any atom is 0.142 e. The molecular weight excluding hydrogens is 336 g/mol. The normalized spacial score (nSPS) is 14.6. The van der Waals surface area contributed by atoms with Gasteiger partial charge in [0.05, 0.1) is 24.4 Å². The Morgan fingerprint density at radius 3 is 2.63 bits per heavy atom. The van der Waals surface area contributed by atoms with Gasteiger partial charge in [0, 0.05) is 38.4 Å². The van der Waals surface area contributed by atoms with Gasteiger partial charge in [0.1, 0.15) is 5.75 Å². The molecule has 1 saturated heterocycles. The molecule has 0 unspecified atom stereocenters. The number of piperazine rings is 1. The second-order valence-corrected chi connectivity index (χ2v) is 6.83. The van der Waals surface area contributed by atoms with E-state index in [2.05, 4.69) is 33.3 Å². The lowest BCUT2D eigenvalue weighted by atomic mass is 10.2. The molecular formula is C22H28N4O. The summed E-state index contributed by atoms with van der Waals surface area (Å²) in [6, 6.07) is 18.1. The van der Waals surface area contributed by atoms with Crippen LogP contribution >= 0.6 is 0 Å². The Hall–Kier alpha value is -2.71. The van der Waals surface area contributed by atoms with Crippen molar-refractivity contribution in [1.82, 2.24) is 4.90 Å². The molecule has 5 nitrogen and oxygen atoms in total. The Bertz CT molecular complexity index is 763. The molecule has 2 aromatic carbocycles. The van der Waals surface area contributed by atoms with Gasteiger partial charge >= 0.3 is 0 Å². The van der Waals surface area contributed by atoms with Crippen molar-refractivity contribution < 1.29 is 4.74 Å². The molecule has 0 aliphatic carbocycles. The van der Waals surface area contributed by atoms with Gasteiger partial charge in [-0.05, 0) is 49.7 Å². The minimum absolute atomic E-state index is 0.702. The van der Waals surface area contributed by atoms with Crippen molar-refractivity contribution in [3.8, 4) is 11.8 Å². The van der Waals surface area contributed by atoms with E-state index in [0.29, 0.717) is 5.56 Å². The van der Waals surface area contributed by atoms with Gasteiger partial charge in [-0.25, -0.2) is 0 Å². The van der Waals surface area contributed by atoms with Gasteiger partial charge in [-0.3, -0.25) is 4.90 Å². The van der Waals surface area contributed by atoms with Crippen molar-refractivity contribution in [2.45, 2.75) is 12.8 Å². The minimum Gasteiger partial charge on any atom is -0.495 e. The molecule has 5 heteroatoms. The van der Waals surface area contributed by atoms with Crippen LogP contribution in [0.4, 0.5) is 11.4 Å². The van der Waals surface area contributed by atoms with E-state index in [4.69, 9.17) is 10.00 Å². The van der Waals surface area contributed by atoms with Crippen LogP contribution in [0.25, 0.3) is 0 Å². The topological polar surface area (TPSA) is 51.5 Å². The summed E-state index contributed by atoms with van der Waals surface area (Å²) in [7, 11) is 1.74. The fraction of sp³-hybridized carbons (Fsp3) is 0.409. The maximum absolute atomic E-state index is 8.94. The summed E-state index contributed by atoms with van der Waals surface area (Å²) in [4.78, 5) is 4.96. The van der Waals surface area contributed by atoms with Crippen molar-refractivity contribution in [3.63, 3.8) is 0 Å². The lowest BCUT2D eigenvalue weighted by molar-refractivity contribution is 0.253. The van der Waals surface area contributed by atoms with Crippen LogP contribution in [0.1, 0.15) is 18.4 Å². The third kappa shape index (κ3) is 5.38.